The average molecular weight is 913 g/mol. The molecule has 1 atom stereocenters. The van der Waals surface area contributed by atoms with E-state index in [1.165, 1.54) is 70.6 Å². The Labute approximate surface area is 405 Å². The van der Waals surface area contributed by atoms with E-state index in [4.69, 9.17) is 14.2 Å². The molecule has 0 aliphatic heterocycles. The first-order valence-electron chi connectivity index (χ1n) is 26.5. The maximum Gasteiger partial charge on any atom is 0.306 e. The predicted octanol–water partition coefficient (Wildman–Crippen LogP) is 17.7. The largest absolute Gasteiger partial charge is 0.462 e. The summed E-state index contributed by atoms with van der Waals surface area (Å²) in [5.41, 5.74) is 0. The molecule has 0 aromatic carbocycles. The van der Waals surface area contributed by atoms with Crippen LogP contribution in [0, 0.1) is 0 Å². The molecule has 0 radical (unpaired) electrons. The number of carbonyl (C=O) groups is 3. The maximum absolute atomic E-state index is 12.8. The SMILES string of the molecule is CC/C=C\C/C=C\C/C=C\C/C=C\C/C=C\C/C=C\CCC(=O)OC[C@@H](COC(=O)CCCCCCCCCCCCCCCC)OC(=O)CCCC/C=C\C/C=C\C/C=C\C/C=C\CC. The molecule has 0 unspecified atom stereocenters. The van der Waals surface area contributed by atoms with Gasteiger partial charge in [-0.3, -0.25) is 14.4 Å². The van der Waals surface area contributed by atoms with Crippen molar-refractivity contribution < 1.29 is 28.6 Å². The van der Waals surface area contributed by atoms with E-state index >= 15 is 0 Å². The van der Waals surface area contributed by atoms with Crippen molar-refractivity contribution in [3.05, 3.63) is 122 Å². The molecule has 372 valence electrons. The lowest BCUT2D eigenvalue weighted by atomic mass is 10.0. The van der Waals surface area contributed by atoms with Gasteiger partial charge in [-0.2, -0.15) is 0 Å². The molecule has 0 aromatic heterocycles. The van der Waals surface area contributed by atoms with Crippen LogP contribution < -0.4 is 0 Å². The number of rotatable bonds is 46. The molecule has 6 heteroatoms. The summed E-state index contributed by atoms with van der Waals surface area (Å²) in [6, 6.07) is 0. The molecule has 0 heterocycles. The van der Waals surface area contributed by atoms with Gasteiger partial charge in [-0.1, -0.05) is 226 Å². The third-order valence-electron chi connectivity index (χ3n) is 10.7. The highest BCUT2D eigenvalue weighted by Crippen LogP contribution is 2.14. The Morgan fingerprint density at radius 3 is 1.02 bits per heavy atom. The fourth-order valence-corrected chi connectivity index (χ4v) is 6.81. The number of allylic oxidation sites excluding steroid dienone is 20. The minimum Gasteiger partial charge on any atom is -0.462 e. The zero-order valence-corrected chi connectivity index (χ0v) is 42.4. The van der Waals surface area contributed by atoms with Gasteiger partial charge in [0.2, 0.25) is 0 Å². The summed E-state index contributed by atoms with van der Waals surface area (Å²) in [6.45, 7) is 6.30. The van der Waals surface area contributed by atoms with Gasteiger partial charge in [-0.05, 0) is 96.3 Å². The number of hydrogen-bond donors (Lipinski definition) is 0. The van der Waals surface area contributed by atoms with E-state index < -0.39 is 6.10 Å². The van der Waals surface area contributed by atoms with Gasteiger partial charge in [0.05, 0.1) is 0 Å². The minimum atomic E-state index is -0.832. The van der Waals surface area contributed by atoms with Gasteiger partial charge in [-0.15, -0.1) is 0 Å². The average Bonchev–Trinajstić information content (AvgIpc) is 3.31. The van der Waals surface area contributed by atoms with Gasteiger partial charge in [0.25, 0.3) is 0 Å². The Kier molecular flexibility index (Phi) is 50.0. The summed E-state index contributed by atoms with van der Waals surface area (Å²) < 4.78 is 16.7. The smallest absolute Gasteiger partial charge is 0.306 e. The Bertz CT molecular complexity index is 1420. The maximum atomic E-state index is 12.8. The molecule has 6 nitrogen and oxygen atoms in total. The fraction of sp³-hybridized carbons (Fsp3) is 0.617. The number of carbonyl (C=O) groups excluding carboxylic acids is 3. The van der Waals surface area contributed by atoms with E-state index in [9.17, 15) is 14.4 Å². The lowest BCUT2D eigenvalue weighted by molar-refractivity contribution is -0.166. The predicted molar refractivity (Wildman–Crippen MR) is 283 cm³/mol. The third-order valence-corrected chi connectivity index (χ3v) is 10.7. The highest BCUT2D eigenvalue weighted by Gasteiger charge is 2.19. The van der Waals surface area contributed by atoms with Gasteiger partial charge in [-0.25, -0.2) is 0 Å². The van der Waals surface area contributed by atoms with Gasteiger partial charge in [0.15, 0.2) is 6.10 Å². The first-order valence-corrected chi connectivity index (χ1v) is 26.5. The van der Waals surface area contributed by atoms with Crippen LogP contribution in [0.25, 0.3) is 0 Å². The molecule has 0 aliphatic rings. The second kappa shape index (κ2) is 53.4. The summed E-state index contributed by atoms with van der Waals surface area (Å²) in [4.78, 5) is 38.0. The van der Waals surface area contributed by atoms with Gasteiger partial charge in [0, 0.05) is 19.3 Å². The number of esters is 3. The zero-order valence-electron chi connectivity index (χ0n) is 42.4. The molecule has 0 aromatic rings. The molecule has 0 N–H and O–H groups in total. The number of hydrogen-bond acceptors (Lipinski definition) is 6. The quantitative estimate of drug-likeness (QED) is 0.0262. The van der Waals surface area contributed by atoms with E-state index in [1.54, 1.807) is 0 Å². The van der Waals surface area contributed by atoms with Crippen molar-refractivity contribution in [3.63, 3.8) is 0 Å². The molecule has 0 aliphatic carbocycles. The van der Waals surface area contributed by atoms with Gasteiger partial charge >= 0.3 is 17.9 Å². The summed E-state index contributed by atoms with van der Waals surface area (Å²) in [5.74, 6) is -1.05. The molecule has 66 heavy (non-hydrogen) atoms. The van der Waals surface area contributed by atoms with Crippen LogP contribution in [-0.2, 0) is 28.6 Å². The van der Waals surface area contributed by atoms with Crippen LogP contribution >= 0.6 is 0 Å². The molecule has 0 bridgehead atoms. The van der Waals surface area contributed by atoms with Crippen molar-refractivity contribution in [3.8, 4) is 0 Å². The Morgan fingerprint density at radius 1 is 0.318 bits per heavy atom. The third kappa shape index (κ3) is 50.8. The minimum absolute atomic E-state index is 0.119. The second-order valence-corrected chi connectivity index (χ2v) is 17.0. The first-order chi connectivity index (χ1) is 32.5. The summed E-state index contributed by atoms with van der Waals surface area (Å²) in [5, 5.41) is 0. The van der Waals surface area contributed by atoms with Crippen LogP contribution in [0.4, 0.5) is 0 Å². The van der Waals surface area contributed by atoms with E-state index in [0.717, 1.165) is 96.3 Å². The van der Waals surface area contributed by atoms with Crippen LogP contribution in [0.5, 0.6) is 0 Å². The topological polar surface area (TPSA) is 78.9 Å². The Balaban J connectivity index is 4.57. The summed E-state index contributed by atoms with van der Waals surface area (Å²) in [7, 11) is 0. The highest BCUT2D eigenvalue weighted by atomic mass is 16.6. The van der Waals surface area contributed by atoms with Crippen molar-refractivity contribution in [1.29, 1.82) is 0 Å². The molecule has 0 rings (SSSR count). The Hall–Kier alpha value is -4.19. The van der Waals surface area contributed by atoms with E-state index in [1.807, 2.05) is 12.2 Å². The summed E-state index contributed by atoms with van der Waals surface area (Å²) in [6.07, 6.45) is 73.4. The van der Waals surface area contributed by atoms with E-state index in [2.05, 4.69) is 130 Å². The molecule has 0 saturated heterocycles. The fourth-order valence-electron chi connectivity index (χ4n) is 6.81. The molecule has 0 spiro atoms. The van der Waals surface area contributed by atoms with E-state index in [-0.39, 0.29) is 44.0 Å². The molecule has 0 amide bonds. The zero-order chi connectivity index (χ0) is 47.9. The van der Waals surface area contributed by atoms with Crippen LogP contribution in [0.1, 0.15) is 220 Å². The van der Waals surface area contributed by atoms with Crippen molar-refractivity contribution in [2.45, 2.75) is 226 Å². The number of ether oxygens (including phenoxy) is 3. The number of unbranched alkanes of at least 4 members (excludes halogenated alkanes) is 15. The molecular formula is C60H96O6. The highest BCUT2D eigenvalue weighted by molar-refractivity contribution is 5.71. The van der Waals surface area contributed by atoms with Crippen LogP contribution in [0.15, 0.2) is 122 Å². The molecule has 0 fully saturated rings. The normalized spacial score (nSPS) is 13.1. The standard InChI is InChI=1S/C60H96O6/c1-4-7-10-13-16-19-22-25-28-29-30-31-33-35-38-41-44-47-50-53-59(62)65-56-57(55-64-58(61)52-49-46-43-40-37-34-27-24-21-18-15-12-9-6-3)66-60(63)54-51-48-45-42-39-36-32-26-23-20-17-14-11-8-5-2/h7-8,10-11,16-17,19-20,25-26,28,30-32,35,38-39,42,44,47,57H,4-6,9,12-15,18,21-24,27,29,33-34,36-37,40-41,43,45-46,48-56H2,1-3H3/b10-7-,11-8-,19-16-,20-17-,28-25-,31-30-,32-26-,38-35-,42-39-,47-44-/t57-/m1/s1. The van der Waals surface area contributed by atoms with Crippen molar-refractivity contribution in [2.24, 2.45) is 0 Å². The lowest BCUT2D eigenvalue weighted by Gasteiger charge is -2.18. The monoisotopic (exact) mass is 913 g/mol. The molecule has 0 saturated carbocycles. The lowest BCUT2D eigenvalue weighted by Crippen LogP contribution is -2.30. The van der Waals surface area contributed by atoms with Crippen molar-refractivity contribution in [1.82, 2.24) is 0 Å². The van der Waals surface area contributed by atoms with E-state index in [0.29, 0.717) is 19.3 Å². The van der Waals surface area contributed by atoms with Crippen molar-refractivity contribution >= 4 is 17.9 Å². The van der Waals surface area contributed by atoms with Crippen LogP contribution in [-0.4, -0.2) is 37.2 Å². The second-order valence-electron chi connectivity index (χ2n) is 17.0. The van der Waals surface area contributed by atoms with Crippen LogP contribution in [0.3, 0.4) is 0 Å². The molecular weight excluding hydrogens is 817 g/mol. The summed E-state index contributed by atoms with van der Waals surface area (Å²) >= 11 is 0. The van der Waals surface area contributed by atoms with Gasteiger partial charge in [0.1, 0.15) is 13.2 Å². The van der Waals surface area contributed by atoms with Crippen molar-refractivity contribution in [2.75, 3.05) is 13.2 Å². The Morgan fingerprint density at radius 2 is 0.621 bits per heavy atom. The van der Waals surface area contributed by atoms with Crippen LogP contribution in [0.2, 0.25) is 0 Å². The van der Waals surface area contributed by atoms with Gasteiger partial charge < -0.3 is 14.2 Å². The first kappa shape index (κ1) is 61.8.